The van der Waals surface area contributed by atoms with Gasteiger partial charge in [-0.3, -0.25) is 0 Å². The summed E-state index contributed by atoms with van der Waals surface area (Å²) < 4.78 is 0. The van der Waals surface area contributed by atoms with Gasteiger partial charge >= 0.3 is 0 Å². The minimum atomic E-state index is -0.724. The summed E-state index contributed by atoms with van der Waals surface area (Å²) in [6.45, 7) is 7.93. The average Bonchev–Trinajstić information content (AvgIpc) is 3.03. The molecular weight excluding hydrogens is 300 g/mol. The van der Waals surface area contributed by atoms with Crippen LogP contribution in [-0.4, -0.2) is 27.5 Å². The van der Waals surface area contributed by atoms with E-state index in [-0.39, 0.29) is 23.5 Å². The van der Waals surface area contributed by atoms with Gasteiger partial charge in [-0.25, -0.2) is 0 Å². The molecule has 3 aliphatic carbocycles. The molecule has 3 aliphatic rings. The molecule has 0 heterocycles. The summed E-state index contributed by atoms with van der Waals surface area (Å²) in [5.74, 6) is -0.128. The van der Waals surface area contributed by atoms with Crippen molar-refractivity contribution in [2.45, 2.75) is 51.7 Å². The monoisotopic (exact) mass is 328 g/mol. The topological polar surface area (TPSA) is 60.7 Å². The fraction of sp³-hybridized carbons (Fsp3) is 0.524. The minimum absolute atomic E-state index is 0.0486. The molecule has 0 bridgehead atoms. The molecule has 0 saturated carbocycles. The van der Waals surface area contributed by atoms with Gasteiger partial charge in [-0.2, -0.15) is 0 Å². The fourth-order valence-electron chi connectivity index (χ4n) is 4.32. The van der Waals surface area contributed by atoms with Gasteiger partial charge in [-0.05, 0) is 80.2 Å². The normalized spacial score (nSPS) is 36.6. The highest BCUT2D eigenvalue weighted by atomic mass is 16.3. The van der Waals surface area contributed by atoms with Gasteiger partial charge in [0.25, 0.3) is 0 Å². The van der Waals surface area contributed by atoms with Gasteiger partial charge in [-0.15, -0.1) is 0 Å². The first-order valence-corrected chi connectivity index (χ1v) is 8.90. The SMILES string of the molecule is C=C(C)[C@@H]1C[C@H](O)C(C)=C[C@H]1C1C(O)=CC(C2=CCCC2)=CC1O. The highest BCUT2D eigenvalue weighted by Crippen LogP contribution is 2.43. The third kappa shape index (κ3) is 3.15. The first-order chi connectivity index (χ1) is 11.4. The summed E-state index contributed by atoms with van der Waals surface area (Å²) in [7, 11) is 0. The molecule has 130 valence electrons. The van der Waals surface area contributed by atoms with Crippen molar-refractivity contribution in [3.05, 3.63) is 58.9 Å². The fourth-order valence-corrected chi connectivity index (χ4v) is 4.32. The predicted molar refractivity (Wildman–Crippen MR) is 96.4 cm³/mol. The van der Waals surface area contributed by atoms with Crippen LogP contribution in [0.1, 0.15) is 39.5 Å². The van der Waals surface area contributed by atoms with Crippen molar-refractivity contribution < 1.29 is 15.3 Å². The molecule has 0 aliphatic heterocycles. The van der Waals surface area contributed by atoms with Gasteiger partial charge in [0.15, 0.2) is 0 Å². The molecule has 0 amide bonds. The predicted octanol–water partition coefficient (Wildman–Crippen LogP) is 3.98. The third-order valence-electron chi connectivity index (χ3n) is 5.75. The number of aliphatic hydroxyl groups excluding tert-OH is 3. The first kappa shape index (κ1) is 17.2. The molecule has 0 aromatic rings. The summed E-state index contributed by atoms with van der Waals surface area (Å²) in [6, 6.07) is 0. The van der Waals surface area contributed by atoms with E-state index in [1.54, 1.807) is 0 Å². The van der Waals surface area contributed by atoms with Crippen LogP contribution in [0.4, 0.5) is 0 Å². The van der Waals surface area contributed by atoms with E-state index in [1.165, 1.54) is 5.57 Å². The summed E-state index contributed by atoms with van der Waals surface area (Å²) in [4.78, 5) is 0. The minimum Gasteiger partial charge on any atom is -0.512 e. The van der Waals surface area contributed by atoms with E-state index in [0.29, 0.717) is 6.42 Å². The van der Waals surface area contributed by atoms with E-state index in [2.05, 4.69) is 12.7 Å². The van der Waals surface area contributed by atoms with Crippen LogP contribution in [0.3, 0.4) is 0 Å². The Balaban J connectivity index is 1.91. The van der Waals surface area contributed by atoms with Crippen LogP contribution in [0.25, 0.3) is 0 Å². The smallest absolute Gasteiger partial charge is 0.0994 e. The van der Waals surface area contributed by atoms with E-state index in [1.807, 2.05) is 32.1 Å². The maximum absolute atomic E-state index is 10.7. The Kier molecular flexibility index (Phi) is 4.84. The van der Waals surface area contributed by atoms with E-state index in [0.717, 1.165) is 36.0 Å². The van der Waals surface area contributed by atoms with Crippen LogP contribution in [0.2, 0.25) is 0 Å². The van der Waals surface area contributed by atoms with Crippen LogP contribution in [-0.2, 0) is 0 Å². The molecule has 0 saturated heterocycles. The molecular formula is C21H28O3. The van der Waals surface area contributed by atoms with Gasteiger partial charge in [0, 0.05) is 0 Å². The van der Waals surface area contributed by atoms with Crippen LogP contribution in [0.15, 0.2) is 58.9 Å². The summed E-state index contributed by atoms with van der Waals surface area (Å²) in [6.07, 6.45) is 10.5. The second-order valence-electron chi connectivity index (χ2n) is 7.52. The lowest BCUT2D eigenvalue weighted by atomic mass is 9.67. The second kappa shape index (κ2) is 6.73. The van der Waals surface area contributed by atoms with Gasteiger partial charge in [0.2, 0.25) is 0 Å². The number of hydrogen-bond donors (Lipinski definition) is 3. The summed E-state index contributed by atoms with van der Waals surface area (Å²) in [5, 5.41) is 31.6. The molecule has 0 aromatic carbocycles. The van der Waals surface area contributed by atoms with E-state index in [4.69, 9.17) is 0 Å². The maximum atomic E-state index is 10.7. The van der Waals surface area contributed by atoms with Crippen molar-refractivity contribution in [3.8, 4) is 0 Å². The molecule has 3 N–H and O–H groups in total. The zero-order chi connectivity index (χ0) is 17.4. The molecule has 2 unspecified atom stereocenters. The Labute approximate surface area is 144 Å². The van der Waals surface area contributed by atoms with Crippen LogP contribution >= 0.6 is 0 Å². The Morgan fingerprint density at radius 1 is 1.25 bits per heavy atom. The Hall–Kier alpha value is -1.58. The first-order valence-electron chi connectivity index (χ1n) is 8.90. The van der Waals surface area contributed by atoms with Crippen LogP contribution in [0, 0.1) is 17.8 Å². The summed E-state index contributed by atoms with van der Waals surface area (Å²) in [5.41, 5.74) is 4.07. The van der Waals surface area contributed by atoms with Crippen molar-refractivity contribution in [2.75, 3.05) is 0 Å². The lowest BCUT2D eigenvalue weighted by Gasteiger charge is -2.40. The molecule has 24 heavy (non-hydrogen) atoms. The van der Waals surface area contributed by atoms with Gasteiger partial charge < -0.3 is 15.3 Å². The van der Waals surface area contributed by atoms with Crippen molar-refractivity contribution >= 4 is 0 Å². The van der Waals surface area contributed by atoms with Crippen molar-refractivity contribution in [2.24, 2.45) is 17.8 Å². The largest absolute Gasteiger partial charge is 0.512 e. The molecule has 0 radical (unpaired) electrons. The van der Waals surface area contributed by atoms with E-state index < -0.39 is 12.2 Å². The number of hydrogen-bond acceptors (Lipinski definition) is 3. The number of rotatable bonds is 3. The van der Waals surface area contributed by atoms with E-state index in [9.17, 15) is 15.3 Å². The molecule has 5 atom stereocenters. The molecule has 0 fully saturated rings. The quantitative estimate of drug-likeness (QED) is 0.687. The average molecular weight is 328 g/mol. The number of aliphatic hydroxyl groups is 3. The van der Waals surface area contributed by atoms with E-state index >= 15 is 0 Å². The van der Waals surface area contributed by atoms with Crippen LogP contribution < -0.4 is 0 Å². The standard InChI is InChI=1S/C21H28O3/c1-12(2)16-11-18(22)13(3)8-17(16)21-19(23)9-15(10-20(21)24)14-6-4-5-7-14/h6,8-10,16-19,21-24H,1,4-5,7,11H2,2-3H3/t16-,17+,18-,19?,21?/m0/s1. The Morgan fingerprint density at radius 2 is 2.00 bits per heavy atom. The second-order valence-corrected chi connectivity index (χ2v) is 7.52. The van der Waals surface area contributed by atoms with Crippen molar-refractivity contribution in [3.63, 3.8) is 0 Å². The lowest BCUT2D eigenvalue weighted by Crippen LogP contribution is -2.38. The third-order valence-corrected chi connectivity index (χ3v) is 5.75. The lowest BCUT2D eigenvalue weighted by molar-refractivity contribution is 0.0759. The van der Waals surface area contributed by atoms with Gasteiger partial charge in [0.1, 0.15) is 0 Å². The molecule has 3 nitrogen and oxygen atoms in total. The Bertz CT molecular complexity index is 650. The van der Waals surface area contributed by atoms with Crippen LogP contribution in [0.5, 0.6) is 0 Å². The zero-order valence-corrected chi connectivity index (χ0v) is 14.6. The number of allylic oxidation sites excluding steroid dienone is 6. The Morgan fingerprint density at radius 3 is 2.58 bits per heavy atom. The van der Waals surface area contributed by atoms with Crippen molar-refractivity contribution in [1.82, 2.24) is 0 Å². The molecule has 3 heteroatoms. The highest BCUT2D eigenvalue weighted by molar-refractivity contribution is 5.46. The summed E-state index contributed by atoms with van der Waals surface area (Å²) >= 11 is 0. The van der Waals surface area contributed by atoms with Crippen molar-refractivity contribution in [1.29, 1.82) is 0 Å². The maximum Gasteiger partial charge on any atom is 0.0994 e. The highest BCUT2D eigenvalue weighted by Gasteiger charge is 2.40. The molecule has 0 aromatic heterocycles. The van der Waals surface area contributed by atoms with Gasteiger partial charge in [0.05, 0.1) is 23.9 Å². The van der Waals surface area contributed by atoms with Gasteiger partial charge in [-0.1, -0.05) is 24.3 Å². The molecule has 3 rings (SSSR count). The molecule has 0 spiro atoms. The zero-order valence-electron chi connectivity index (χ0n) is 14.6.